The van der Waals surface area contributed by atoms with Crippen LogP contribution in [0.1, 0.15) is 50.5 Å². The van der Waals surface area contributed by atoms with Crippen LogP contribution in [0.15, 0.2) is 24.3 Å². The molecule has 2 fully saturated rings. The second-order valence-electron chi connectivity index (χ2n) is 7.39. The molecule has 1 aliphatic heterocycles. The van der Waals surface area contributed by atoms with E-state index in [-0.39, 0.29) is 23.5 Å². The van der Waals surface area contributed by atoms with Crippen LogP contribution in [0.5, 0.6) is 0 Å². The van der Waals surface area contributed by atoms with Crippen molar-refractivity contribution in [2.45, 2.75) is 51.5 Å². The van der Waals surface area contributed by atoms with Gasteiger partial charge in [-0.15, -0.1) is 0 Å². The zero-order valence-corrected chi connectivity index (χ0v) is 14.7. The summed E-state index contributed by atoms with van der Waals surface area (Å²) in [6, 6.07) is 6.26. The lowest BCUT2D eigenvalue weighted by Gasteiger charge is -2.35. The Kier molecular flexibility index (Phi) is 6.05. The van der Waals surface area contributed by atoms with Gasteiger partial charge < -0.3 is 10.2 Å². The molecule has 4 nitrogen and oxygen atoms in total. The zero-order chi connectivity index (χ0) is 17.6. The molecule has 1 aromatic rings. The lowest BCUT2D eigenvalue weighted by atomic mass is 9.87. The summed E-state index contributed by atoms with van der Waals surface area (Å²) in [6.45, 7) is 1.64. The number of likely N-dealkylation sites (tertiary alicyclic amines) is 1. The van der Waals surface area contributed by atoms with Gasteiger partial charge in [-0.25, -0.2) is 4.39 Å². The number of nitrogens with one attached hydrogen (secondary N) is 1. The summed E-state index contributed by atoms with van der Waals surface area (Å²) >= 11 is 0. The van der Waals surface area contributed by atoms with Crippen LogP contribution < -0.4 is 5.32 Å². The monoisotopic (exact) mass is 346 g/mol. The van der Waals surface area contributed by atoms with Gasteiger partial charge in [-0.05, 0) is 42.9 Å². The van der Waals surface area contributed by atoms with Gasteiger partial charge in [-0.2, -0.15) is 0 Å². The summed E-state index contributed by atoms with van der Waals surface area (Å²) in [5, 5.41) is 2.89. The summed E-state index contributed by atoms with van der Waals surface area (Å²) in [7, 11) is 0. The first-order valence-corrected chi connectivity index (χ1v) is 9.42. The van der Waals surface area contributed by atoms with Gasteiger partial charge in [-0.1, -0.05) is 31.4 Å². The van der Waals surface area contributed by atoms with E-state index in [1.54, 1.807) is 12.1 Å². The summed E-state index contributed by atoms with van der Waals surface area (Å²) < 4.78 is 13.2. The van der Waals surface area contributed by atoms with E-state index in [0.717, 1.165) is 12.1 Å². The average Bonchev–Trinajstić information content (AvgIpc) is 2.62. The Morgan fingerprint density at radius 1 is 1.20 bits per heavy atom. The molecule has 0 bridgehead atoms. The Morgan fingerprint density at radius 3 is 2.76 bits per heavy atom. The molecule has 1 aliphatic carbocycles. The third-order valence-electron chi connectivity index (χ3n) is 5.43. The normalized spacial score (nSPS) is 22.0. The van der Waals surface area contributed by atoms with E-state index in [9.17, 15) is 14.0 Å². The summed E-state index contributed by atoms with van der Waals surface area (Å²) in [6.07, 6.45) is 7.25. The van der Waals surface area contributed by atoms with E-state index >= 15 is 0 Å². The highest BCUT2D eigenvalue weighted by Gasteiger charge is 2.31. The fraction of sp³-hybridized carbons (Fsp3) is 0.600. The summed E-state index contributed by atoms with van der Waals surface area (Å²) in [4.78, 5) is 26.6. The van der Waals surface area contributed by atoms with Crippen molar-refractivity contribution in [1.82, 2.24) is 10.2 Å². The van der Waals surface area contributed by atoms with Crippen LogP contribution in [-0.4, -0.2) is 29.8 Å². The van der Waals surface area contributed by atoms with Gasteiger partial charge in [0.2, 0.25) is 11.8 Å². The fourth-order valence-electron chi connectivity index (χ4n) is 3.97. The maximum atomic E-state index is 13.2. The molecule has 0 unspecified atom stereocenters. The van der Waals surface area contributed by atoms with Gasteiger partial charge in [0.1, 0.15) is 5.82 Å². The molecule has 25 heavy (non-hydrogen) atoms. The van der Waals surface area contributed by atoms with E-state index in [4.69, 9.17) is 0 Å². The van der Waals surface area contributed by atoms with Gasteiger partial charge in [-0.3, -0.25) is 9.59 Å². The number of rotatable bonds is 5. The Bertz CT molecular complexity index is 613. The molecule has 0 radical (unpaired) electrons. The van der Waals surface area contributed by atoms with Crippen LogP contribution in [-0.2, 0) is 16.1 Å². The molecular weight excluding hydrogens is 319 g/mol. The van der Waals surface area contributed by atoms with E-state index < -0.39 is 0 Å². The Hall–Kier alpha value is -1.91. The highest BCUT2D eigenvalue weighted by molar-refractivity contribution is 5.83. The maximum Gasteiger partial charge on any atom is 0.225 e. The molecule has 1 aromatic carbocycles. The molecule has 0 aromatic heterocycles. The first-order chi connectivity index (χ1) is 12.1. The molecule has 0 spiro atoms. The van der Waals surface area contributed by atoms with Crippen molar-refractivity contribution in [3.8, 4) is 0 Å². The number of halogens is 1. The van der Waals surface area contributed by atoms with Crippen molar-refractivity contribution in [2.75, 3.05) is 13.1 Å². The van der Waals surface area contributed by atoms with Crippen molar-refractivity contribution in [3.05, 3.63) is 35.6 Å². The van der Waals surface area contributed by atoms with E-state index in [2.05, 4.69) is 5.32 Å². The molecular formula is C20H27FN2O2. The first-order valence-electron chi connectivity index (χ1n) is 9.42. The van der Waals surface area contributed by atoms with Gasteiger partial charge in [0.15, 0.2) is 0 Å². The van der Waals surface area contributed by atoms with Crippen molar-refractivity contribution < 1.29 is 14.0 Å². The minimum atomic E-state index is -0.298. The molecule has 1 heterocycles. The van der Waals surface area contributed by atoms with Crippen LogP contribution in [0, 0.1) is 17.7 Å². The summed E-state index contributed by atoms with van der Waals surface area (Å²) in [5.41, 5.74) is 0.749. The van der Waals surface area contributed by atoms with E-state index in [0.29, 0.717) is 31.8 Å². The number of hydrogen-bond donors (Lipinski definition) is 1. The van der Waals surface area contributed by atoms with Crippen molar-refractivity contribution in [3.63, 3.8) is 0 Å². The largest absolute Gasteiger partial charge is 0.352 e. The molecule has 1 saturated heterocycles. The zero-order valence-electron chi connectivity index (χ0n) is 14.7. The molecule has 3 rings (SSSR count). The first kappa shape index (κ1) is 17.9. The van der Waals surface area contributed by atoms with Gasteiger partial charge in [0.05, 0.1) is 5.92 Å². The predicted octanol–water partition coefficient (Wildman–Crippen LogP) is 3.26. The summed E-state index contributed by atoms with van der Waals surface area (Å²) in [5.74, 6) is 0.278. The SMILES string of the molecule is O=C(NCc1cccc(F)c1)[C@H]1CCC(=O)N(CC2CCCCC2)C1. The van der Waals surface area contributed by atoms with E-state index in [1.165, 1.54) is 44.2 Å². The number of piperidine rings is 1. The standard InChI is InChI=1S/C20H27FN2O2/c21-18-8-4-7-16(11-18)12-22-20(25)17-9-10-19(24)23(14-17)13-15-5-2-1-3-6-15/h4,7-8,11,15,17H,1-3,5-6,9-10,12-14H2,(H,22,25)/t17-/m0/s1. The van der Waals surface area contributed by atoms with Crippen LogP contribution in [0.25, 0.3) is 0 Å². The van der Waals surface area contributed by atoms with Crippen LogP contribution in [0.4, 0.5) is 4.39 Å². The second-order valence-corrected chi connectivity index (χ2v) is 7.39. The van der Waals surface area contributed by atoms with Gasteiger partial charge in [0, 0.05) is 26.1 Å². The van der Waals surface area contributed by atoms with Crippen LogP contribution >= 0.6 is 0 Å². The molecule has 1 atom stereocenters. The topological polar surface area (TPSA) is 49.4 Å². The quantitative estimate of drug-likeness (QED) is 0.890. The Labute approximate surface area is 148 Å². The lowest BCUT2D eigenvalue weighted by Crippen LogP contribution is -2.47. The van der Waals surface area contributed by atoms with E-state index in [1.807, 2.05) is 4.90 Å². The maximum absolute atomic E-state index is 13.2. The molecule has 1 saturated carbocycles. The van der Waals surface area contributed by atoms with Crippen LogP contribution in [0.2, 0.25) is 0 Å². The third kappa shape index (κ3) is 5.03. The predicted molar refractivity (Wildman–Crippen MR) is 94.1 cm³/mol. The van der Waals surface area contributed by atoms with Crippen molar-refractivity contribution in [1.29, 1.82) is 0 Å². The number of nitrogens with zero attached hydrogens (tertiary/aromatic N) is 1. The third-order valence-corrected chi connectivity index (χ3v) is 5.43. The molecule has 5 heteroatoms. The fourth-order valence-corrected chi connectivity index (χ4v) is 3.97. The van der Waals surface area contributed by atoms with Crippen molar-refractivity contribution >= 4 is 11.8 Å². The minimum Gasteiger partial charge on any atom is -0.352 e. The second kappa shape index (κ2) is 8.45. The smallest absolute Gasteiger partial charge is 0.225 e. The average molecular weight is 346 g/mol. The molecule has 136 valence electrons. The van der Waals surface area contributed by atoms with Crippen molar-refractivity contribution in [2.24, 2.45) is 11.8 Å². The number of benzene rings is 1. The highest BCUT2D eigenvalue weighted by atomic mass is 19.1. The minimum absolute atomic E-state index is 0.0367. The number of hydrogen-bond acceptors (Lipinski definition) is 2. The molecule has 2 aliphatic rings. The number of carbonyl (C=O) groups excluding carboxylic acids is 2. The lowest BCUT2D eigenvalue weighted by molar-refractivity contribution is -0.139. The molecule has 2 amide bonds. The number of amides is 2. The highest BCUT2D eigenvalue weighted by Crippen LogP contribution is 2.27. The Balaban J connectivity index is 1.51. The molecule has 1 N–H and O–H groups in total. The Morgan fingerprint density at radius 2 is 2.00 bits per heavy atom. The van der Waals surface area contributed by atoms with Gasteiger partial charge in [0.25, 0.3) is 0 Å². The van der Waals surface area contributed by atoms with Gasteiger partial charge >= 0.3 is 0 Å². The number of carbonyl (C=O) groups is 2. The van der Waals surface area contributed by atoms with Crippen LogP contribution in [0.3, 0.4) is 0 Å².